The lowest BCUT2D eigenvalue weighted by atomic mass is 9.92. The minimum Gasteiger partial charge on any atom is -0.323 e. The lowest BCUT2D eigenvalue weighted by Gasteiger charge is -2.15. The number of carbonyl (C=O) groups excluding carboxylic acids is 1. The molecule has 0 spiro atoms. The Morgan fingerprint density at radius 1 is 1.23 bits per heavy atom. The number of rotatable bonds is 1. The number of aryl methyl sites for hydroxylation is 1. The van der Waals surface area contributed by atoms with Crippen LogP contribution < -0.4 is 5.32 Å². The first-order valence-electron chi connectivity index (χ1n) is 7.06. The van der Waals surface area contributed by atoms with Crippen molar-refractivity contribution in [2.75, 3.05) is 11.9 Å². The van der Waals surface area contributed by atoms with E-state index in [0.29, 0.717) is 11.3 Å². The van der Waals surface area contributed by atoms with Gasteiger partial charge in [-0.2, -0.15) is 5.26 Å². The van der Waals surface area contributed by atoms with Crippen molar-refractivity contribution in [2.45, 2.75) is 13.8 Å². The normalized spacial score (nSPS) is 13.5. The highest BCUT2D eigenvalue weighted by molar-refractivity contribution is 6.20. The van der Waals surface area contributed by atoms with Crippen LogP contribution in [0.25, 0.3) is 0 Å². The number of fused-ring (bicyclic) bond motifs is 1. The molecular formula is C18H15N3O. The number of benzene rings is 2. The predicted octanol–water partition coefficient (Wildman–Crippen LogP) is 2.96. The van der Waals surface area contributed by atoms with Crippen molar-refractivity contribution in [3.05, 3.63) is 64.2 Å². The van der Waals surface area contributed by atoms with Gasteiger partial charge in [0, 0.05) is 11.1 Å². The summed E-state index contributed by atoms with van der Waals surface area (Å²) in [6.07, 6.45) is 0. The van der Waals surface area contributed by atoms with Crippen LogP contribution in [0.1, 0.15) is 27.8 Å². The van der Waals surface area contributed by atoms with E-state index in [9.17, 15) is 10.1 Å². The smallest absolute Gasteiger partial charge is 0.246 e. The zero-order valence-corrected chi connectivity index (χ0v) is 12.5. The van der Waals surface area contributed by atoms with Crippen LogP contribution in [-0.2, 0) is 4.79 Å². The number of nitriles is 1. The Balaban J connectivity index is 2.32. The molecule has 0 unspecified atom stereocenters. The van der Waals surface area contributed by atoms with E-state index >= 15 is 0 Å². The van der Waals surface area contributed by atoms with Crippen molar-refractivity contribution in [3.8, 4) is 6.07 Å². The second kappa shape index (κ2) is 5.45. The van der Waals surface area contributed by atoms with Gasteiger partial charge in [0.05, 0.1) is 17.0 Å². The molecule has 0 saturated carbocycles. The van der Waals surface area contributed by atoms with Crippen molar-refractivity contribution in [2.24, 2.45) is 4.99 Å². The average Bonchev–Trinajstić information content (AvgIpc) is 2.68. The first-order valence-corrected chi connectivity index (χ1v) is 7.06. The number of hydrogen-bond acceptors (Lipinski definition) is 3. The minimum atomic E-state index is -0.202. The second-order valence-corrected chi connectivity index (χ2v) is 5.31. The Morgan fingerprint density at radius 3 is 2.64 bits per heavy atom. The number of hydrogen-bond donors (Lipinski definition) is 1. The molecule has 4 heteroatoms. The Hall–Kier alpha value is -2.93. The summed E-state index contributed by atoms with van der Waals surface area (Å²) >= 11 is 0. The van der Waals surface area contributed by atoms with Crippen LogP contribution in [0, 0.1) is 25.2 Å². The maximum Gasteiger partial charge on any atom is 0.246 e. The third-order valence-corrected chi connectivity index (χ3v) is 3.91. The first-order chi connectivity index (χ1) is 10.6. The summed E-state index contributed by atoms with van der Waals surface area (Å²) < 4.78 is 0. The quantitative estimate of drug-likeness (QED) is 0.877. The van der Waals surface area contributed by atoms with Gasteiger partial charge in [0.1, 0.15) is 12.6 Å². The predicted molar refractivity (Wildman–Crippen MR) is 86.2 cm³/mol. The summed E-state index contributed by atoms with van der Waals surface area (Å²) in [5, 5.41) is 12.3. The fraction of sp³-hybridized carbons (Fsp3) is 0.167. The van der Waals surface area contributed by atoms with E-state index < -0.39 is 0 Å². The maximum atomic E-state index is 12.0. The number of anilines is 1. The number of nitrogens with zero attached hydrogens (tertiary/aromatic N) is 2. The molecule has 1 N–H and O–H groups in total. The fourth-order valence-electron chi connectivity index (χ4n) is 2.63. The number of benzodiazepines with no additional fused rings is 1. The zero-order valence-electron chi connectivity index (χ0n) is 12.5. The molecule has 1 aliphatic rings. The van der Waals surface area contributed by atoms with Crippen molar-refractivity contribution >= 4 is 17.3 Å². The van der Waals surface area contributed by atoms with Crippen LogP contribution in [0.2, 0.25) is 0 Å². The van der Waals surface area contributed by atoms with E-state index in [0.717, 1.165) is 28.0 Å². The minimum absolute atomic E-state index is 0.0574. The summed E-state index contributed by atoms with van der Waals surface area (Å²) in [5.41, 5.74) is 5.45. The van der Waals surface area contributed by atoms with Gasteiger partial charge in [0.2, 0.25) is 5.91 Å². The molecule has 108 valence electrons. The van der Waals surface area contributed by atoms with Crippen LogP contribution in [-0.4, -0.2) is 18.2 Å². The van der Waals surface area contributed by atoms with Gasteiger partial charge in [-0.25, -0.2) is 0 Å². The Labute approximate surface area is 129 Å². The van der Waals surface area contributed by atoms with E-state index in [4.69, 9.17) is 0 Å². The van der Waals surface area contributed by atoms with Gasteiger partial charge in [-0.05, 0) is 31.0 Å². The van der Waals surface area contributed by atoms with Crippen molar-refractivity contribution < 1.29 is 4.79 Å². The third kappa shape index (κ3) is 2.27. The molecule has 3 rings (SSSR count). The van der Waals surface area contributed by atoms with Gasteiger partial charge in [0.15, 0.2) is 0 Å². The topological polar surface area (TPSA) is 65.2 Å². The number of carbonyl (C=O) groups is 1. The van der Waals surface area contributed by atoms with Crippen molar-refractivity contribution in [1.29, 1.82) is 5.26 Å². The van der Waals surface area contributed by atoms with Crippen LogP contribution in [0.15, 0.2) is 41.4 Å². The van der Waals surface area contributed by atoms with Crippen LogP contribution >= 0.6 is 0 Å². The Bertz CT molecular complexity index is 830. The van der Waals surface area contributed by atoms with Crippen molar-refractivity contribution in [3.63, 3.8) is 0 Å². The third-order valence-electron chi connectivity index (χ3n) is 3.91. The molecule has 2 aromatic carbocycles. The summed E-state index contributed by atoms with van der Waals surface area (Å²) in [6, 6.07) is 13.9. The number of amides is 1. The Morgan fingerprint density at radius 2 is 1.95 bits per heavy atom. The van der Waals surface area contributed by atoms with Gasteiger partial charge in [-0.1, -0.05) is 30.3 Å². The van der Waals surface area contributed by atoms with Gasteiger partial charge in [0.25, 0.3) is 0 Å². The lowest BCUT2D eigenvalue weighted by Crippen LogP contribution is -2.15. The molecule has 0 fully saturated rings. The molecule has 22 heavy (non-hydrogen) atoms. The highest BCUT2D eigenvalue weighted by atomic mass is 16.1. The van der Waals surface area contributed by atoms with Crippen LogP contribution in [0.4, 0.5) is 5.69 Å². The highest BCUT2D eigenvalue weighted by Gasteiger charge is 2.22. The van der Waals surface area contributed by atoms with Crippen LogP contribution in [0.5, 0.6) is 0 Å². The molecule has 0 radical (unpaired) electrons. The zero-order chi connectivity index (χ0) is 15.7. The maximum absolute atomic E-state index is 12.0. The number of aliphatic imine (C=N–C) groups is 1. The van der Waals surface area contributed by atoms with E-state index in [1.807, 2.05) is 50.2 Å². The van der Waals surface area contributed by atoms with E-state index in [2.05, 4.69) is 16.4 Å². The van der Waals surface area contributed by atoms with Gasteiger partial charge in [-0.3, -0.25) is 9.79 Å². The summed E-state index contributed by atoms with van der Waals surface area (Å²) in [5.74, 6) is -0.202. The molecule has 1 heterocycles. The highest BCUT2D eigenvalue weighted by Crippen LogP contribution is 2.30. The molecule has 1 amide bonds. The number of nitrogens with one attached hydrogen (secondary N) is 1. The van der Waals surface area contributed by atoms with E-state index in [-0.39, 0.29) is 12.5 Å². The molecular weight excluding hydrogens is 274 g/mol. The van der Waals surface area contributed by atoms with E-state index in [1.165, 1.54) is 0 Å². The standard InChI is InChI=1S/C18H15N3O/c1-11-8-14-17(13-6-4-3-5-7-13)20-10-16(22)21-18(14)15(9-19)12(11)2/h3-8H,10H2,1-2H3,(H,21,22). The second-order valence-electron chi connectivity index (χ2n) is 5.31. The Kier molecular flexibility index (Phi) is 3.48. The lowest BCUT2D eigenvalue weighted by molar-refractivity contribution is -0.114. The summed E-state index contributed by atoms with van der Waals surface area (Å²) in [6.45, 7) is 3.91. The molecule has 2 aromatic rings. The molecule has 0 aromatic heterocycles. The summed E-state index contributed by atoms with van der Waals surface area (Å²) in [7, 11) is 0. The summed E-state index contributed by atoms with van der Waals surface area (Å²) in [4.78, 5) is 16.4. The molecule has 0 aliphatic carbocycles. The molecule has 1 aliphatic heterocycles. The van der Waals surface area contributed by atoms with Crippen LogP contribution in [0.3, 0.4) is 0 Å². The average molecular weight is 289 g/mol. The molecule has 4 nitrogen and oxygen atoms in total. The van der Waals surface area contributed by atoms with E-state index in [1.54, 1.807) is 0 Å². The van der Waals surface area contributed by atoms with Crippen molar-refractivity contribution in [1.82, 2.24) is 0 Å². The largest absolute Gasteiger partial charge is 0.323 e. The SMILES string of the molecule is Cc1cc2c(c(C#N)c1C)NC(=O)CN=C2c1ccccc1. The molecule has 0 saturated heterocycles. The van der Waals surface area contributed by atoms with Gasteiger partial charge >= 0.3 is 0 Å². The van der Waals surface area contributed by atoms with Gasteiger partial charge < -0.3 is 5.32 Å². The van der Waals surface area contributed by atoms with Gasteiger partial charge in [-0.15, -0.1) is 0 Å². The monoisotopic (exact) mass is 289 g/mol. The molecule has 0 atom stereocenters. The first kappa shape index (κ1) is 14.0. The fourth-order valence-corrected chi connectivity index (χ4v) is 2.63. The molecule has 0 bridgehead atoms.